The van der Waals surface area contributed by atoms with Crippen molar-refractivity contribution in [1.29, 1.82) is 0 Å². The molecule has 0 spiro atoms. The first kappa shape index (κ1) is 23.0. The highest BCUT2D eigenvalue weighted by Crippen LogP contribution is 2.25. The number of hydrogen-bond donors (Lipinski definition) is 1. The highest BCUT2D eigenvalue weighted by molar-refractivity contribution is 5.95. The molecule has 0 aromatic carbocycles. The molecule has 172 valence electrons. The van der Waals surface area contributed by atoms with Gasteiger partial charge in [0, 0.05) is 20.1 Å². The number of fused-ring (bicyclic) bond motifs is 2. The Kier molecular flexibility index (Phi) is 6.86. The molecule has 10 nitrogen and oxygen atoms in total. The SMILES string of the molecule is C[C@H]1C[C@H]2C(=O)OCCC(=O)N3CCC[C@H]3C(=O)N(C)[C@@H](C)C(=O)N[C@@H](C)C(=O)N2C1. The second kappa shape index (κ2) is 9.23. The van der Waals surface area contributed by atoms with Gasteiger partial charge in [-0.25, -0.2) is 4.79 Å². The summed E-state index contributed by atoms with van der Waals surface area (Å²) in [4.78, 5) is 68.3. The number of nitrogens with zero attached hydrogens (tertiary/aromatic N) is 3. The minimum atomic E-state index is -0.850. The average Bonchev–Trinajstić information content (AvgIpc) is 3.37. The Morgan fingerprint density at radius 2 is 1.68 bits per heavy atom. The van der Waals surface area contributed by atoms with Crippen molar-refractivity contribution < 1.29 is 28.7 Å². The molecule has 3 fully saturated rings. The number of amides is 4. The number of ether oxygens (including phenoxy) is 1. The minimum absolute atomic E-state index is 0.0259. The van der Waals surface area contributed by atoms with Crippen LogP contribution in [0.2, 0.25) is 0 Å². The molecule has 10 heteroatoms. The lowest BCUT2D eigenvalue weighted by Crippen LogP contribution is -2.56. The van der Waals surface area contributed by atoms with Crippen molar-refractivity contribution in [2.75, 3.05) is 26.7 Å². The van der Waals surface area contributed by atoms with Gasteiger partial charge in [-0.2, -0.15) is 0 Å². The molecule has 0 aromatic heterocycles. The van der Waals surface area contributed by atoms with E-state index in [0.29, 0.717) is 32.4 Å². The van der Waals surface area contributed by atoms with Crippen LogP contribution in [0, 0.1) is 5.92 Å². The molecule has 0 aliphatic carbocycles. The van der Waals surface area contributed by atoms with Crippen LogP contribution in [-0.2, 0) is 28.7 Å². The van der Waals surface area contributed by atoms with Gasteiger partial charge in [0.25, 0.3) is 0 Å². The molecular weight excluding hydrogens is 404 g/mol. The van der Waals surface area contributed by atoms with Crippen LogP contribution in [0.25, 0.3) is 0 Å². The zero-order valence-corrected chi connectivity index (χ0v) is 18.6. The first-order valence-electron chi connectivity index (χ1n) is 11.0. The van der Waals surface area contributed by atoms with Crippen molar-refractivity contribution in [3.8, 4) is 0 Å². The summed E-state index contributed by atoms with van der Waals surface area (Å²) >= 11 is 0. The molecule has 0 aromatic rings. The number of likely N-dealkylation sites (N-methyl/N-ethyl adjacent to an activating group) is 1. The number of rotatable bonds is 0. The van der Waals surface area contributed by atoms with Gasteiger partial charge in [-0.3, -0.25) is 19.2 Å². The van der Waals surface area contributed by atoms with E-state index in [0.717, 1.165) is 0 Å². The zero-order chi connectivity index (χ0) is 22.9. The van der Waals surface area contributed by atoms with E-state index in [4.69, 9.17) is 4.74 Å². The summed E-state index contributed by atoms with van der Waals surface area (Å²) in [5.74, 6) is -1.84. The van der Waals surface area contributed by atoms with Crippen molar-refractivity contribution in [2.45, 2.75) is 70.6 Å². The summed E-state index contributed by atoms with van der Waals surface area (Å²) in [6, 6.07) is -3.03. The number of nitrogens with one attached hydrogen (secondary N) is 1. The molecule has 1 N–H and O–H groups in total. The smallest absolute Gasteiger partial charge is 0.328 e. The molecule has 3 aliphatic heterocycles. The van der Waals surface area contributed by atoms with E-state index in [1.807, 2.05) is 6.92 Å². The summed E-state index contributed by atoms with van der Waals surface area (Å²) in [5.41, 5.74) is 0. The highest BCUT2D eigenvalue weighted by atomic mass is 16.5. The third-order valence-electron chi connectivity index (χ3n) is 6.52. The van der Waals surface area contributed by atoms with E-state index in [1.54, 1.807) is 13.8 Å². The number of esters is 1. The second-order valence-corrected chi connectivity index (χ2v) is 8.87. The average molecular weight is 437 g/mol. The molecule has 3 aliphatic rings. The highest BCUT2D eigenvalue weighted by Gasteiger charge is 2.42. The predicted molar refractivity (Wildman–Crippen MR) is 109 cm³/mol. The van der Waals surface area contributed by atoms with E-state index in [9.17, 15) is 24.0 Å². The number of hydrogen-bond acceptors (Lipinski definition) is 6. The molecule has 0 saturated carbocycles. The van der Waals surface area contributed by atoms with Gasteiger partial charge in [0.05, 0.1) is 6.42 Å². The molecule has 3 saturated heterocycles. The largest absolute Gasteiger partial charge is 0.464 e. The van der Waals surface area contributed by atoms with E-state index in [1.165, 1.54) is 21.7 Å². The number of carbonyl (C=O) groups is 5. The Hall–Kier alpha value is -2.65. The van der Waals surface area contributed by atoms with Crippen molar-refractivity contribution in [2.24, 2.45) is 5.92 Å². The molecular formula is C21H32N4O6. The summed E-state index contributed by atoms with van der Waals surface area (Å²) in [6.45, 7) is 5.85. The quantitative estimate of drug-likeness (QED) is 0.513. The summed E-state index contributed by atoms with van der Waals surface area (Å²) < 4.78 is 5.33. The monoisotopic (exact) mass is 436 g/mol. The Labute approximate surface area is 182 Å². The fourth-order valence-electron chi connectivity index (χ4n) is 4.56. The van der Waals surface area contributed by atoms with Gasteiger partial charge in [0.1, 0.15) is 30.8 Å². The standard InChI is InChI=1S/C21H32N4O6/c1-12-10-16-21(30)31-9-7-17(26)24-8-5-6-15(24)20(29)23(4)14(3)18(27)22-13(2)19(28)25(16)11-12/h12-16H,5-11H2,1-4H3,(H,22,27)/t12-,13-,14-,15-,16-/m0/s1. The van der Waals surface area contributed by atoms with Gasteiger partial charge >= 0.3 is 5.97 Å². The summed E-state index contributed by atoms with van der Waals surface area (Å²) in [6.07, 6.45) is 1.66. The van der Waals surface area contributed by atoms with Crippen LogP contribution in [0.4, 0.5) is 0 Å². The van der Waals surface area contributed by atoms with Gasteiger partial charge in [0.15, 0.2) is 0 Å². The topological polar surface area (TPSA) is 116 Å². The zero-order valence-electron chi connectivity index (χ0n) is 18.6. The van der Waals surface area contributed by atoms with Crippen LogP contribution in [-0.4, -0.2) is 95.2 Å². The molecule has 0 unspecified atom stereocenters. The van der Waals surface area contributed by atoms with Crippen LogP contribution in [0.5, 0.6) is 0 Å². The van der Waals surface area contributed by atoms with Gasteiger partial charge in [-0.05, 0) is 39.0 Å². The fourth-order valence-corrected chi connectivity index (χ4v) is 4.56. The van der Waals surface area contributed by atoms with Gasteiger partial charge < -0.3 is 24.8 Å². The van der Waals surface area contributed by atoms with E-state index < -0.39 is 36.0 Å². The van der Waals surface area contributed by atoms with Crippen LogP contribution < -0.4 is 5.32 Å². The maximum atomic E-state index is 13.0. The first-order chi connectivity index (χ1) is 14.6. The molecule has 3 rings (SSSR count). The first-order valence-corrected chi connectivity index (χ1v) is 11.0. The predicted octanol–water partition coefficient (Wildman–Crippen LogP) is -0.487. The molecule has 3 heterocycles. The van der Waals surface area contributed by atoms with Crippen LogP contribution in [0.1, 0.15) is 46.5 Å². The Bertz CT molecular complexity index is 771. The third-order valence-corrected chi connectivity index (χ3v) is 6.52. The van der Waals surface area contributed by atoms with Gasteiger partial charge in [-0.1, -0.05) is 6.92 Å². The minimum Gasteiger partial charge on any atom is -0.464 e. The molecule has 5 atom stereocenters. The van der Waals surface area contributed by atoms with Gasteiger partial charge in [0.2, 0.25) is 23.6 Å². The Morgan fingerprint density at radius 1 is 0.968 bits per heavy atom. The summed E-state index contributed by atoms with van der Waals surface area (Å²) in [7, 11) is 1.53. The van der Waals surface area contributed by atoms with Crippen molar-refractivity contribution in [3.63, 3.8) is 0 Å². The number of cyclic esters (lactones) is 1. The van der Waals surface area contributed by atoms with Crippen LogP contribution in [0.3, 0.4) is 0 Å². The normalized spacial score (nSPS) is 33.9. The Morgan fingerprint density at radius 3 is 2.39 bits per heavy atom. The summed E-state index contributed by atoms with van der Waals surface area (Å²) in [5, 5.41) is 2.67. The van der Waals surface area contributed by atoms with Crippen LogP contribution in [0.15, 0.2) is 0 Å². The van der Waals surface area contributed by atoms with Crippen molar-refractivity contribution in [3.05, 3.63) is 0 Å². The molecule has 0 radical (unpaired) electrons. The molecule has 0 bridgehead atoms. The molecule has 4 amide bonds. The molecule has 31 heavy (non-hydrogen) atoms. The van der Waals surface area contributed by atoms with Crippen LogP contribution >= 0.6 is 0 Å². The van der Waals surface area contributed by atoms with Crippen molar-refractivity contribution >= 4 is 29.6 Å². The Balaban J connectivity index is 1.86. The van der Waals surface area contributed by atoms with E-state index in [-0.39, 0.29) is 36.7 Å². The second-order valence-electron chi connectivity index (χ2n) is 8.87. The number of carbonyl (C=O) groups excluding carboxylic acids is 5. The van der Waals surface area contributed by atoms with Gasteiger partial charge in [-0.15, -0.1) is 0 Å². The van der Waals surface area contributed by atoms with E-state index in [2.05, 4.69) is 5.32 Å². The lowest BCUT2D eigenvalue weighted by atomic mass is 10.1. The van der Waals surface area contributed by atoms with Crippen molar-refractivity contribution in [1.82, 2.24) is 20.0 Å². The maximum absolute atomic E-state index is 13.0. The van der Waals surface area contributed by atoms with E-state index >= 15 is 0 Å². The fraction of sp³-hybridized carbons (Fsp3) is 0.762. The lowest BCUT2D eigenvalue weighted by molar-refractivity contribution is -0.156. The lowest BCUT2D eigenvalue weighted by Gasteiger charge is -2.32. The maximum Gasteiger partial charge on any atom is 0.328 e. The third kappa shape index (κ3) is 4.67.